The standard InChI is InChI=1S/C57H65ClF2N8O6/c1-33-46-44(30-41(59)49(58)48(46)47-40(51(61)70)15-16-43(73-3)50(47)60)74-57(33,37-7-5-4-6-8-37)31-62-38-12-9-35(10-13-38)53(71)64-56-23-20-55(21-24-56,22-25-56)32-67-26-17-34(18-27-67)36-11-14-39-42(29-36)66(2)65-52(39)68-28-19-45(69)63-54(68)72/h4-8,11,14-16,29-30,33-35,38,62H,9-10,12-13,17-28,31-32H2,1-3H3,(H2,61,70)(H,64,71)(H,63,69,72). The molecule has 5 aromatic rings. The fraction of sp³-hybridized carbons (Fsp3) is 0.491. The molecule has 0 radical (unpaired) electrons. The summed E-state index contributed by atoms with van der Waals surface area (Å²) < 4.78 is 46.0. The molecule has 14 nitrogen and oxygen atoms in total. The van der Waals surface area contributed by atoms with Gasteiger partial charge in [-0.1, -0.05) is 54.9 Å². The van der Waals surface area contributed by atoms with Crippen molar-refractivity contribution in [2.45, 2.75) is 119 Å². The Morgan fingerprint density at radius 3 is 2.31 bits per heavy atom. The Labute approximate surface area is 435 Å². The molecule has 4 aliphatic carbocycles. The number of halogens is 3. The van der Waals surface area contributed by atoms with E-state index in [9.17, 15) is 19.2 Å². The number of fused-ring (bicyclic) bond motifs is 5. The molecule has 74 heavy (non-hydrogen) atoms. The van der Waals surface area contributed by atoms with Crippen LogP contribution in [0.1, 0.15) is 129 Å². The first-order chi connectivity index (χ1) is 35.6. The predicted octanol–water partition coefficient (Wildman–Crippen LogP) is 9.35. The Morgan fingerprint density at radius 1 is 0.919 bits per heavy atom. The van der Waals surface area contributed by atoms with Crippen molar-refractivity contribution < 1.29 is 37.4 Å². The molecule has 12 rings (SSSR count). The minimum Gasteiger partial charge on any atom is -0.494 e. The van der Waals surface area contributed by atoms with Crippen molar-refractivity contribution in [2.24, 2.45) is 24.1 Å². The summed E-state index contributed by atoms with van der Waals surface area (Å²) in [5, 5.41) is 15.0. The van der Waals surface area contributed by atoms with Gasteiger partial charge in [-0.05, 0) is 137 Å². The van der Waals surface area contributed by atoms with Crippen LogP contribution >= 0.6 is 11.6 Å². The van der Waals surface area contributed by atoms with Crippen molar-refractivity contribution in [1.29, 1.82) is 0 Å². The van der Waals surface area contributed by atoms with E-state index in [-0.39, 0.29) is 74.4 Å². The number of aryl methyl sites for hydroxylation is 1. The number of primary amides is 1. The Hall–Kier alpha value is -6.10. The number of nitrogens with zero attached hydrogens (tertiary/aromatic N) is 4. The zero-order chi connectivity index (χ0) is 51.7. The summed E-state index contributed by atoms with van der Waals surface area (Å²) >= 11 is 6.72. The highest BCUT2D eigenvalue weighted by Crippen LogP contribution is 2.57. The molecule has 2 bridgehead atoms. The summed E-state index contributed by atoms with van der Waals surface area (Å²) in [7, 11) is 3.21. The van der Waals surface area contributed by atoms with E-state index in [0.29, 0.717) is 30.4 Å². The van der Waals surface area contributed by atoms with Crippen LogP contribution in [0.2, 0.25) is 5.02 Å². The molecule has 1 aromatic heterocycles. The number of urea groups is 1. The van der Waals surface area contributed by atoms with Gasteiger partial charge in [0.2, 0.25) is 17.7 Å². The molecule has 390 valence electrons. The van der Waals surface area contributed by atoms with E-state index < -0.39 is 35.1 Å². The number of imide groups is 1. The summed E-state index contributed by atoms with van der Waals surface area (Å²) in [6, 6.07) is 19.7. The van der Waals surface area contributed by atoms with Crippen molar-refractivity contribution in [3.63, 3.8) is 0 Å². The lowest BCUT2D eigenvalue weighted by Gasteiger charge is -2.55. The number of nitrogens with one attached hydrogen (secondary N) is 3. The average Bonchev–Trinajstić information content (AvgIpc) is 3.90. The molecule has 5 N–H and O–H groups in total. The highest BCUT2D eigenvalue weighted by molar-refractivity contribution is 6.34. The van der Waals surface area contributed by atoms with Crippen LogP contribution in [0.3, 0.4) is 0 Å². The largest absolute Gasteiger partial charge is 0.494 e. The van der Waals surface area contributed by atoms with Crippen molar-refractivity contribution in [2.75, 3.05) is 44.7 Å². The molecule has 4 saturated carbocycles. The van der Waals surface area contributed by atoms with Crippen LogP contribution in [-0.2, 0) is 22.2 Å². The molecule has 2 saturated heterocycles. The molecule has 4 heterocycles. The molecule has 0 spiro atoms. The smallest absolute Gasteiger partial charge is 0.329 e. The van der Waals surface area contributed by atoms with Gasteiger partial charge in [-0.2, -0.15) is 5.10 Å². The molecule has 4 aromatic carbocycles. The number of carbonyl (C=O) groups is 4. The van der Waals surface area contributed by atoms with E-state index >= 15 is 8.78 Å². The van der Waals surface area contributed by atoms with Crippen LogP contribution < -0.4 is 36.1 Å². The summed E-state index contributed by atoms with van der Waals surface area (Å²) in [6.07, 6.45) is 11.9. The van der Waals surface area contributed by atoms with Crippen LogP contribution in [0, 0.1) is 23.0 Å². The van der Waals surface area contributed by atoms with E-state index in [1.807, 2.05) is 49.0 Å². The van der Waals surface area contributed by atoms with Gasteiger partial charge in [0, 0.05) is 84.7 Å². The molecule has 7 aliphatic rings. The van der Waals surface area contributed by atoms with Crippen LogP contribution in [0.15, 0.2) is 66.7 Å². The number of nitrogens with two attached hydrogens (primary N) is 1. The maximum absolute atomic E-state index is 16.3. The lowest BCUT2D eigenvalue weighted by Crippen LogP contribution is -2.59. The van der Waals surface area contributed by atoms with Crippen LogP contribution in [0.25, 0.3) is 22.0 Å². The number of rotatable bonds is 13. The number of aromatic nitrogens is 2. The number of anilines is 1. The zero-order valence-corrected chi connectivity index (χ0v) is 43.1. The molecule has 5 amide bonds. The van der Waals surface area contributed by atoms with Crippen molar-refractivity contribution in [3.8, 4) is 22.6 Å². The number of hydrogen-bond donors (Lipinski definition) is 4. The van der Waals surface area contributed by atoms with E-state index in [1.165, 1.54) is 30.9 Å². The quantitative estimate of drug-likeness (QED) is 0.0897. The van der Waals surface area contributed by atoms with Gasteiger partial charge < -0.3 is 30.7 Å². The Balaban J connectivity index is 0.687. The Morgan fingerprint density at radius 2 is 1.64 bits per heavy atom. The SMILES string of the molecule is COc1ccc(C(N)=O)c(-c2c(Cl)c(F)cc3c2C(C)C(CNC2CCC(C(=O)NC45CCC(CN6CCC(c7ccc8c(N9CCC(=O)NC9=O)nn(C)c8c7)CC6)(CC4)CC5)CC2)(c2ccccc2)O3)c1F. The summed E-state index contributed by atoms with van der Waals surface area (Å²) in [5.74, 6) is -2.19. The van der Waals surface area contributed by atoms with E-state index in [1.54, 1.807) is 4.90 Å². The fourth-order valence-electron chi connectivity index (χ4n) is 13.7. The monoisotopic (exact) mass is 1030 g/mol. The topological polar surface area (TPSA) is 173 Å². The van der Waals surface area contributed by atoms with Crippen LogP contribution in [0.5, 0.6) is 11.5 Å². The van der Waals surface area contributed by atoms with Crippen LogP contribution in [-0.4, -0.2) is 89.8 Å². The van der Waals surface area contributed by atoms with Gasteiger partial charge in [0.05, 0.1) is 23.2 Å². The first-order valence-corrected chi connectivity index (χ1v) is 26.8. The van der Waals surface area contributed by atoms with Gasteiger partial charge in [-0.15, -0.1) is 0 Å². The first-order valence-electron chi connectivity index (χ1n) is 26.4. The molecule has 2 unspecified atom stereocenters. The number of likely N-dealkylation sites (tertiary alicyclic amines) is 1. The number of piperidine rings is 1. The average molecular weight is 1030 g/mol. The minimum absolute atomic E-state index is 0.00278. The molecule has 3 aliphatic heterocycles. The number of carbonyl (C=O) groups excluding carboxylic acids is 4. The van der Waals surface area contributed by atoms with E-state index in [2.05, 4.69) is 44.1 Å². The molecule has 6 fully saturated rings. The van der Waals surface area contributed by atoms with Gasteiger partial charge in [0.15, 0.2) is 23.0 Å². The van der Waals surface area contributed by atoms with Crippen LogP contribution in [0.4, 0.5) is 19.4 Å². The number of ether oxygens (including phenoxy) is 2. The minimum atomic E-state index is -1.07. The summed E-state index contributed by atoms with van der Waals surface area (Å²) in [4.78, 5) is 55.4. The Kier molecular flexibility index (Phi) is 13.2. The highest BCUT2D eigenvalue weighted by atomic mass is 35.5. The zero-order valence-electron chi connectivity index (χ0n) is 42.3. The van der Waals surface area contributed by atoms with Gasteiger partial charge in [-0.25, -0.2) is 13.6 Å². The number of methoxy groups -OCH3 is 1. The van der Waals surface area contributed by atoms with Gasteiger partial charge >= 0.3 is 6.03 Å². The van der Waals surface area contributed by atoms with E-state index in [0.717, 1.165) is 113 Å². The normalized spacial score (nSPS) is 27.2. The molecular weight excluding hydrogens is 966 g/mol. The number of amides is 5. The van der Waals surface area contributed by atoms with Crippen molar-refractivity contribution in [3.05, 3.63) is 106 Å². The summed E-state index contributed by atoms with van der Waals surface area (Å²) in [5.41, 5.74) is 8.02. The maximum Gasteiger partial charge on any atom is 0.329 e. The first kappa shape index (κ1) is 50.1. The van der Waals surface area contributed by atoms with Gasteiger partial charge in [0.1, 0.15) is 11.6 Å². The Bertz CT molecular complexity index is 3020. The third kappa shape index (κ3) is 8.87. The lowest BCUT2D eigenvalue weighted by molar-refractivity contribution is -0.130. The maximum atomic E-state index is 16.3. The lowest BCUT2D eigenvalue weighted by atomic mass is 9.57. The van der Waals surface area contributed by atoms with Gasteiger partial charge in [0.25, 0.3) is 0 Å². The van der Waals surface area contributed by atoms with Crippen molar-refractivity contribution >= 4 is 52.1 Å². The van der Waals surface area contributed by atoms with Gasteiger partial charge in [-0.3, -0.25) is 29.3 Å². The van der Waals surface area contributed by atoms with Crippen molar-refractivity contribution in [1.82, 2.24) is 30.6 Å². The highest BCUT2D eigenvalue weighted by Gasteiger charge is 2.52. The fourth-order valence-corrected chi connectivity index (χ4v) is 13.9. The number of benzene rings is 4. The molecular formula is C57H65ClF2N8O6. The molecule has 17 heteroatoms. The third-order valence-corrected chi connectivity index (χ3v) is 18.4. The third-order valence-electron chi connectivity index (χ3n) is 18.1. The second-order valence-corrected chi connectivity index (χ2v) is 22.5. The molecule has 2 atom stereocenters. The summed E-state index contributed by atoms with van der Waals surface area (Å²) in [6.45, 7) is 5.80. The predicted molar refractivity (Wildman–Crippen MR) is 278 cm³/mol. The second kappa shape index (κ2) is 19.6. The van der Waals surface area contributed by atoms with E-state index in [4.69, 9.17) is 26.8 Å². The number of hydrogen-bond acceptors (Lipinski definition) is 9. The second-order valence-electron chi connectivity index (χ2n) is 22.1.